The molecule has 2 amide bonds. The van der Waals surface area contributed by atoms with Crippen molar-refractivity contribution >= 4 is 11.8 Å². The highest BCUT2D eigenvalue weighted by atomic mass is 16.5. The van der Waals surface area contributed by atoms with Crippen LogP contribution in [0.4, 0.5) is 0 Å². The Kier molecular flexibility index (Phi) is 6.79. The summed E-state index contributed by atoms with van der Waals surface area (Å²) >= 11 is 0. The number of ether oxygens (including phenoxy) is 1. The lowest BCUT2D eigenvalue weighted by Crippen LogP contribution is -2.41. The number of rotatable bonds is 6. The molecule has 4 heterocycles. The summed E-state index contributed by atoms with van der Waals surface area (Å²) in [6, 6.07) is 5.12. The lowest BCUT2D eigenvalue weighted by atomic mass is 9.96. The number of hydrogen-bond donors (Lipinski definition) is 0. The fourth-order valence-electron chi connectivity index (χ4n) is 4.28. The van der Waals surface area contributed by atoms with Gasteiger partial charge in [0, 0.05) is 44.2 Å². The Balaban J connectivity index is 1.38. The van der Waals surface area contributed by atoms with E-state index in [9.17, 15) is 9.59 Å². The molecule has 2 aromatic heterocycles. The van der Waals surface area contributed by atoms with Gasteiger partial charge in [0.1, 0.15) is 6.04 Å². The van der Waals surface area contributed by atoms with Gasteiger partial charge in [-0.3, -0.25) is 9.59 Å². The minimum absolute atomic E-state index is 0.0710. The Bertz CT molecular complexity index is 879. The van der Waals surface area contributed by atoms with Crippen LogP contribution in [0, 0.1) is 0 Å². The van der Waals surface area contributed by atoms with Crippen LogP contribution in [0.5, 0.6) is 5.88 Å². The van der Waals surface area contributed by atoms with Crippen molar-refractivity contribution in [3.8, 4) is 5.88 Å². The first-order valence-electron chi connectivity index (χ1n) is 11.1. The van der Waals surface area contributed by atoms with Gasteiger partial charge >= 0.3 is 0 Å². The van der Waals surface area contributed by atoms with Crippen LogP contribution in [0.3, 0.4) is 0 Å². The number of pyridine rings is 1. The van der Waals surface area contributed by atoms with Crippen LogP contribution >= 0.6 is 0 Å². The highest BCUT2D eigenvalue weighted by Gasteiger charge is 2.34. The highest BCUT2D eigenvalue weighted by Crippen LogP contribution is 2.33. The Hall–Kier alpha value is -2.97. The van der Waals surface area contributed by atoms with E-state index in [1.54, 1.807) is 23.2 Å². The Morgan fingerprint density at radius 2 is 1.87 bits per heavy atom. The predicted octanol–water partition coefficient (Wildman–Crippen LogP) is 2.71. The standard InChI is InChI=1S/C22H29N5O4/c1-2-19(28)26-13-9-16(10-14-26)21-24-25-22(31-21)17-7-4-6-12-27(17)20(29)15-30-18-8-3-5-11-23-18/h3,5,8,11,16-17H,2,4,6-7,9-10,12-15H2,1H3/t17-/m0/s1. The third kappa shape index (κ3) is 5.03. The number of carbonyl (C=O) groups is 2. The molecule has 2 fully saturated rings. The average Bonchev–Trinajstić information content (AvgIpc) is 3.33. The van der Waals surface area contributed by atoms with Crippen molar-refractivity contribution in [2.75, 3.05) is 26.2 Å². The molecule has 0 aromatic carbocycles. The number of nitrogens with zero attached hydrogens (tertiary/aromatic N) is 5. The number of hydrogen-bond acceptors (Lipinski definition) is 7. The second-order valence-electron chi connectivity index (χ2n) is 8.04. The monoisotopic (exact) mass is 427 g/mol. The first-order valence-corrected chi connectivity index (χ1v) is 11.1. The molecule has 1 atom stereocenters. The lowest BCUT2D eigenvalue weighted by Gasteiger charge is -2.33. The number of amides is 2. The van der Waals surface area contributed by atoms with Gasteiger partial charge in [0.2, 0.25) is 23.6 Å². The first kappa shape index (κ1) is 21.3. The highest BCUT2D eigenvalue weighted by molar-refractivity contribution is 5.78. The molecule has 0 bridgehead atoms. The quantitative estimate of drug-likeness (QED) is 0.698. The maximum absolute atomic E-state index is 12.8. The molecule has 0 spiro atoms. The zero-order valence-electron chi connectivity index (χ0n) is 17.9. The van der Waals surface area contributed by atoms with Crippen LogP contribution in [0.2, 0.25) is 0 Å². The second kappa shape index (κ2) is 9.89. The molecule has 0 saturated carbocycles. The van der Waals surface area contributed by atoms with Gasteiger partial charge < -0.3 is 19.0 Å². The van der Waals surface area contributed by atoms with Gasteiger partial charge in [-0.25, -0.2) is 4.98 Å². The van der Waals surface area contributed by atoms with E-state index in [0.717, 1.165) is 32.1 Å². The van der Waals surface area contributed by atoms with Crippen molar-refractivity contribution in [2.24, 2.45) is 0 Å². The minimum atomic E-state index is -0.225. The Morgan fingerprint density at radius 3 is 2.61 bits per heavy atom. The van der Waals surface area contributed by atoms with E-state index in [1.807, 2.05) is 17.9 Å². The SMILES string of the molecule is CCC(=O)N1CCC(c2nnc([C@@H]3CCCCN3C(=O)COc3ccccn3)o2)CC1. The topological polar surface area (TPSA) is 102 Å². The number of carbonyl (C=O) groups excluding carboxylic acids is 2. The summed E-state index contributed by atoms with van der Waals surface area (Å²) in [7, 11) is 0. The molecular weight excluding hydrogens is 398 g/mol. The van der Waals surface area contributed by atoms with Crippen molar-refractivity contribution in [3.63, 3.8) is 0 Å². The summed E-state index contributed by atoms with van der Waals surface area (Å²) in [4.78, 5) is 32.5. The maximum atomic E-state index is 12.8. The largest absolute Gasteiger partial charge is 0.468 e. The molecule has 166 valence electrons. The second-order valence-corrected chi connectivity index (χ2v) is 8.04. The zero-order chi connectivity index (χ0) is 21.6. The summed E-state index contributed by atoms with van der Waals surface area (Å²) in [6.07, 6.45) is 6.54. The molecule has 4 rings (SSSR count). The van der Waals surface area contributed by atoms with Gasteiger partial charge in [-0.2, -0.15) is 0 Å². The van der Waals surface area contributed by atoms with Gasteiger partial charge in [0.25, 0.3) is 5.91 Å². The van der Waals surface area contributed by atoms with Gasteiger partial charge in [-0.1, -0.05) is 13.0 Å². The molecule has 9 heteroatoms. The van der Waals surface area contributed by atoms with Crippen LogP contribution < -0.4 is 4.74 Å². The summed E-state index contributed by atoms with van der Waals surface area (Å²) in [5.41, 5.74) is 0. The predicted molar refractivity (Wildman–Crippen MR) is 111 cm³/mol. The maximum Gasteiger partial charge on any atom is 0.261 e. The molecule has 2 saturated heterocycles. The van der Waals surface area contributed by atoms with E-state index in [0.29, 0.717) is 43.7 Å². The van der Waals surface area contributed by atoms with Gasteiger partial charge in [0.05, 0.1) is 0 Å². The van der Waals surface area contributed by atoms with Crippen LogP contribution in [0.1, 0.15) is 69.2 Å². The van der Waals surface area contributed by atoms with E-state index in [4.69, 9.17) is 9.15 Å². The van der Waals surface area contributed by atoms with Crippen molar-refractivity contribution in [3.05, 3.63) is 36.2 Å². The molecule has 2 aliphatic heterocycles. The smallest absolute Gasteiger partial charge is 0.261 e. The molecule has 0 N–H and O–H groups in total. The molecule has 2 aliphatic rings. The number of piperidine rings is 2. The fourth-order valence-corrected chi connectivity index (χ4v) is 4.28. The lowest BCUT2D eigenvalue weighted by molar-refractivity contribution is -0.138. The third-order valence-electron chi connectivity index (χ3n) is 6.05. The van der Waals surface area contributed by atoms with Crippen LogP contribution in [-0.2, 0) is 9.59 Å². The van der Waals surface area contributed by atoms with E-state index >= 15 is 0 Å². The summed E-state index contributed by atoms with van der Waals surface area (Å²) in [5.74, 6) is 1.77. The molecule has 9 nitrogen and oxygen atoms in total. The average molecular weight is 428 g/mol. The molecule has 2 aromatic rings. The van der Waals surface area contributed by atoms with Gasteiger partial charge in [-0.15, -0.1) is 10.2 Å². The van der Waals surface area contributed by atoms with Crippen LogP contribution in [0.15, 0.2) is 28.8 Å². The number of likely N-dealkylation sites (tertiary alicyclic amines) is 2. The van der Waals surface area contributed by atoms with E-state index in [2.05, 4.69) is 15.2 Å². The molecular formula is C22H29N5O4. The molecule has 0 radical (unpaired) electrons. The minimum Gasteiger partial charge on any atom is -0.468 e. The van der Waals surface area contributed by atoms with Crippen LogP contribution in [-0.4, -0.2) is 63.0 Å². The fraction of sp³-hybridized carbons (Fsp3) is 0.591. The van der Waals surface area contributed by atoms with Gasteiger partial charge in [-0.05, 0) is 38.2 Å². The summed E-state index contributed by atoms with van der Waals surface area (Å²) < 4.78 is 11.6. The Labute approximate surface area is 181 Å². The van der Waals surface area contributed by atoms with Crippen molar-refractivity contribution in [1.29, 1.82) is 0 Å². The normalized spacial score (nSPS) is 20.0. The Morgan fingerprint density at radius 1 is 1.06 bits per heavy atom. The van der Waals surface area contributed by atoms with Crippen molar-refractivity contribution in [1.82, 2.24) is 25.0 Å². The van der Waals surface area contributed by atoms with Crippen LogP contribution in [0.25, 0.3) is 0 Å². The number of aromatic nitrogens is 3. The van der Waals surface area contributed by atoms with E-state index in [-0.39, 0.29) is 30.4 Å². The van der Waals surface area contributed by atoms with Gasteiger partial charge in [0.15, 0.2) is 6.61 Å². The molecule has 0 unspecified atom stereocenters. The van der Waals surface area contributed by atoms with Crippen molar-refractivity contribution in [2.45, 2.75) is 57.4 Å². The molecule has 0 aliphatic carbocycles. The molecule has 31 heavy (non-hydrogen) atoms. The van der Waals surface area contributed by atoms with Crippen molar-refractivity contribution < 1.29 is 18.7 Å². The van der Waals surface area contributed by atoms with E-state index < -0.39 is 0 Å². The van der Waals surface area contributed by atoms with E-state index in [1.165, 1.54) is 0 Å². The zero-order valence-corrected chi connectivity index (χ0v) is 17.9. The first-order chi connectivity index (χ1) is 15.2. The third-order valence-corrected chi connectivity index (χ3v) is 6.05. The summed E-state index contributed by atoms with van der Waals surface area (Å²) in [5, 5.41) is 8.59. The summed E-state index contributed by atoms with van der Waals surface area (Å²) in [6.45, 7) is 3.89.